The minimum Gasteiger partial charge on any atom is -0.489 e. The molecule has 222 valence electrons. The molecule has 0 fully saturated rings. The molecule has 0 aromatic heterocycles. The van der Waals surface area contributed by atoms with E-state index in [1.807, 2.05) is 80.6 Å². The molecule has 1 aliphatic rings. The second-order valence-corrected chi connectivity index (χ2v) is 11.0. The van der Waals surface area contributed by atoms with Crippen molar-refractivity contribution in [3.8, 4) is 5.75 Å². The van der Waals surface area contributed by atoms with Crippen LogP contribution < -0.4 is 15.4 Å². The third-order valence-corrected chi connectivity index (χ3v) is 7.19. The van der Waals surface area contributed by atoms with E-state index in [0.29, 0.717) is 25.9 Å². The van der Waals surface area contributed by atoms with E-state index in [1.54, 1.807) is 0 Å². The van der Waals surface area contributed by atoms with Gasteiger partial charge in [-0.05, 0) is 61.3 Å². The molecule has 2 amide bonds. The lowest BCUT2D eigenvalue weighted by atomic mass is 9.96. The number of aliphatic hydroxyl groups is 1. The molecular weight excluding hydrogens is 520 g/mol. The highest BCUT2D eigenvalue weighted by molar-refractivity contribution is 5.86. The summed E-state index contributed by atoms with van der Waals surface area (Å²) in [5, 5.41) is 15.8. The molecule has 3 rings (SSSR count). The van der Waals surface area contributed by atoms with Crippen LogP contribution in [0.2, 0.25) is 0 Å². The Hall–Kier alpha value is -3.65. The first-order chi connectivity index (χ1) is 19.8. The van der Waals surface area contributed by atoms with Gasteiger partial charge in [0.2, 0.25) is 11.8 Å². The number of cyclic esters (lactones) is 1. The average molecular weight is 565 g/mol. The van der Waals surface area contributed by atoms with Gasteiger partial charge >= 0.3 is 5.97 Å². The summed E-state index contributed by atoms with van der Waals surface area (Å²) in [5.74, 6) is -0.585. The summed E-state index contributed by atoms with van der Waals surface area (Å²) in [6.45, 7) is 4.27. The van der Waals surface area contributed by atoms with Gasteiger partial charge in [0.25, 0.3) is 0 Å². The van der Waals surface area contributed by atoms with E-state index in [2.05, 4.69) is 10.6 Å². The predicted molar refractivity (Wildman–Crippen MR) is 158 cm³/mol. The Bertz CT molecular complexity index is 1120. The SMILES string of the molecule is CC(C)[C@H]1COC(=O)CCCCC=CC[C@H](CC(=O)N[C@H](CO)Cc2ccc(OCc3ccccc3)cc2)C(=O)N1. The van der Waals surface area contributed by atoms with Crippen molar-refractivity contribution >= 4 is 17.8 Å². The van der Waals surface area contributed by atoms with Gasteiger partial charge in [0, 0.05) is 12.8 Å². The van der Waals surface area contributed by atoms with Crippen molar-refractivity contribution in [2.45, 2.75) is 77.5 Å². The Balaban J connectivity index is 1.56. The molecular formula is C33H44N2O6. The molecule has 8 heteroatoms. The lowest BCUT2D eigenvalue weighted by Crippen LogP contribution is -2.46. The lowest BCUT2D eigenvalue weighted by Gasteiger charge is -2.25. The maximum absolute atomic E-state index is 13.2. The van der Waals surface area contributed by atoms with Crippen LogP contribution in [-0.2, 0) is 32.1 Å². The minimum absolute atomic E-state index is 0.0104. The number of nitrogens with one attached hydrogen (secondary N) is 2. The number of benzene rings is 2. The molecule has 0 saturated carbocycles. The van der Waals surface area contributed by atoms with Crippen LogP contribution in [-0.4, -0.2) is 48.2 Å². The zero-order valence-corrected chi connectivity index (χ0v) is 24.2. The summed E-state index contributed by atoms with van der Waals surface area (Å²) in [4.78, 5) is 38.3. The van der Waals surface area contributed by atoms with Crippen LogP contribution in [0.25, 0.3) is 0 Å². The number of amides is 2. The van der Waals surface area contributed by atoms with E-state index in [9.17, 15) is 19.5 Å². The van der Waals surface area contributed by atoms with Crippen molar-refractivity contribution in [3.05, 3.63) is 77.9 Å². The third kappa shape index (κ3) is 11.8. The lowest BCUT2D eigenvalue weighted by molar-refractivity contribution is -0.145. The maximum atomic E-state index is 13.2. The highest BCUT2D eigenvalue weighted by Gasteiger charge is 2.26. The van der Waals surface area contributed by atoms with Crippen LogP contribution in [0.15, 0.2) is 66.7 Å². The number of rotatable bonds is 10. The number of allylic oxidation sites excluding steroid dienone is 2. The molecule has 1 aliphatic heterocycles. The van der Waals surface area contributed by atoms with Gasteiger partial charge in [-0.25, -0.2) is 0 Å². The van der Waals surface area contributed by atoms with E-state index < -0.39 is 12.0 Å². The number of hydrogen-bond donors (Lipinski definition) is 3. The number of ether oxygens (including phenoxy) is 2. The van der Waals surface area contributed by atoms with Gasteiger partial charge in [0.15, 0.2) is 0 Å². The van der Waals surface area contributed by atoms with Gasteiger partial charge in [-0.15, -0.1) is 0 Å². The van der Waals surface area contributed by atoms with Gasteiger partial charge in [-0.3, -0.25) is 14.4 Å². The van der Waals surface area contributed by atoms with Crippen LogP contribution in [0.3, 0.4) is 0 Å². The smallest absolute Gasteiger partial charge is 0.305 e. The minimum atomic E-state index is -0.577. The Morgan fingerprint density at radius 3 is 2.51 bits per heavy atom. The first kappa shape index (κ1) is 31.9. The Labute approximate surface area is 243 Å². The molecule has 41 heavy (non-hydrogen) atoms. The molecule has 0 radical (unpaired) electrons. The number of carbonyl (C=O) groups excluding carboxylic acids is 3. The molecule has 8 nitrogen and oxygen atoms in total. The standard InChI is InChI=1S/C33H44N2O6/c1-24(2)30-23-41-32(38)14-10-5-3-4-9-13-27(33(39)35-30)20-31(37)34-28(21-36)19-25-15-17-29(18-16-25)40-22-26-11-7-6-8-12-26/h4,6-9,11-12,15-18,24,27-28,30,36H,3,5,10,13-14,19-23H2,1-2H3,(H,34,37)(H,35,39)/t27-,28+,30-/m1/s1. The highest BCUT2D eigenvalue weighted by atomic mass is 16.5. The number of esters is 1. The monoisotopic (exact) mass is 564 g/mol. The van der Waals surface area contributed by atoms with Crippen molar-refractivity contribution in [2.24, 2.45) is 11.8 Å². The van der Waals surface area contributed by atoms with E-state index >= 15 is 0 Å². The first-order valence-corrected chi connectivity index (χ1v) is 14.6. The first-order valence-electron chi connectivity index (χ1n) is 14.6. The Morgan fingerprint density at radius 2 is 1.80 bits per heavy atom. The number of hydrogen-bond acceptors (Lipinski definition) is 6. The number of carbonyl (C=O) groups is 3. The van der Waals surface area contributed by atoms with Gasteiger partial charge in [-0.2, -0.15) is 0 Å². The highest BCUT2D eigenvalue weighted by Crippen LogP contribution is 2.17. The fraction of sp³-hybridized carbons (Fsp3) is 0.485. The number of aliphatic hydroxyl groups excluding tert-OH is 1. The normalized spacial score (nSPS) is 19.5. The zero-order chi connectivity index (χ0) is 29.5. The second kappa shape index (κ2) is 17.2. The zero-order valence-electron chi connectivity index (χ0n) is 24.2. The fourth-order valence-corrected chi connectivity index (χ4v) is 4.57. The van der Waals surface area contributed by atoms with Crippen LogP contribution in [0, 0.1) is 11.8 Å². The molecule has 0 spiro atoms. The van der Waals surface area contributed by atoms with Gasteiger partial charge in [0.1, 0.15) is 19.0 Å². The maximum Gasteiger partial charge on any atom is 0.305 e. The summed E-state index contributed by atoms with van der Waals surface area (Å²) in [6.07, 6.45) is 7.57. The van der Waals surface area contributed by atoms with Crippen molar-refractivity contribution in [2.75, 3.05) is 13.2 Å². The van der Waals surface area contributed by atoms with Gasteiger partial charge in [-0.1, -0.05) is 68.5 Å². The molecule has 0 aliphatic carbocycles. The summed E-state index contributed by atoms with van der Waals surface area (Å²) in [6, 6.07) is 16.7. The van der Waals surface area contributed by atoms with E-state index in [-0.39, 0.29) is 49.4 Å². The largest absolute Gasteiger partial charge is 0.489 e. The van der Waals surface area contributed by atoms with E-state index in [4.69, 9.17) is 9.47 Å². The summed E-state index contributed by atoms with van der Waals surface area (Å²) in [7, 11) is 0. The van der Waals surface area contributed by atoms with Crippen LogP contribution in [0.4, 0.5) is 0 Å². The average Bonchev–Trinajstić information content (AvgIpc) is 2.97. The van der Waals surface area contributed by atoms with Crippen LogP contribution in [0.5, 0.6) is 5.75 Å². The third-order valence-electron chi connectivity index (χ3n) is 7.19. The van der Waals surface area contributed by atoms with Crippen molar-refractivity contribution in [1.29, 1.82) is 0 Å². The Kier molecular flexibility index (Phi) is 13.4. The molecule has 3 atom stereocenters. The van der Waals surface area contributed by atoms with E-state index in [0.717, 1.165) is 36.1 Å². The summed E-state index contributed by atoms with van der Waals surface area (Å²) < 4.78 is 11.2. The molecule has 2 aromatic rings. The van der Waals surface area contributed by atoms with Crippen molar-refractivity contribution in [3.63, 3.8) is 0 Å². The quantitative estimate of drug-likeness (QED) is 0.289. The molecule has 1 heterocycles. The van der Waals surface area contributed by atoms with Crippen molar-refractivity contribution in [1.82, 2.24) is 10.6 Å². The molecule has 0 saturated heterocycles. The summed E-state index contributed by atoms with van der Waals surface area (Å²) >= 11 is 0. The fourth-order valence-electron chi connectivity index (χ4n) is 4.57. The Morgan fingerprint density at radius 1 is 1.05 bits per heavy atom. The van der Waals surface area contributed by atoms with E-state index in [1.165, 1.54) is 0 Å². The molecule has 0 unspecified atom stereocenters. The topological polar surface area (TPSA) is 114 Å². The van der Waals surface area contributed by atoms with Gasteiger partial charge < -0.3 is 25.2 Å². The van der Waals surface area contributed by atoms with Crippen LogP contribution >= 0.6 is 0 Å². The van der Waals surface area contributed by atoms with Gasteiger partial charge in [0.05, 0.1) is 24.6 Å². The molecule has 0 bridgehead atoms. The molecule has 2 aromatic carbocycles. The molecule has 3 N–H and O–H groups in total. The van der Waals surface area contributed by atoms with Crippen molar-refractivity contribution < 1.29 is 29.0 Å². The van der Waals surface area contributed by atoms with Crippen LogP contribution in [0.1, 0.15) is 63.5 Å². The summed E-state index contributed by atoms with van der Waals surface area (Å²) in [5.41, 5.74) is 2.03. The second-order valence-electron chi connectivity index (χ2n) is 11.0. The predicted octanol–water partition coefficient (Wildman–Crippen LogP) is 4.50.